The number of para-hydroxylation sites is 1. The fraction of sp³-hybridized carbons (Fsp3) is 0. The second-order valence-electron chi connectivity index (χ2n) is 10.2. The highest BCUT2D eigenvalue weighted by Gasteiger charge is 2.09. The molecule has 0 aliphatic carbocycles. The fourth-order valence-corrected chi connectivity index (χ4v) is 5.57. The van der Waals surface area contributed by atoms with Gasteiger partial charge in [-0.15, -0.1) is 0 Å². The van der Waals surface area contributed by atoms with Crippen molar-refractivity contribution in [3.05, 3.63) is 140 Å². The molecule has 3 heterocycles. The largest absolute Gasteiger partial charge is 0.256 e. The molecule has 0 radical (unpaired) electrons. The highest BCUT2D eigenvalue weighted by atomic mass is 14.7. The first-order chi connectivity index (χ1) is 19.8. The first kappa shape index (κ1) is 22.6. The first-order valence-corrected chi connectivity index (χ1v) is 13.4. The number of hydrogen-bond acceptors (Lipinski definition) is 3. The van der Waals surface area contributed by atoms with E-state index >= 15 is 0 Å². The summed E-state index contributed by atoms with van der Waals surface area (Å²) in [6.07, 6.45) is 1.90. The molecule has 3 nitrogen and oxygen atoms in total. The van der Waals surface area contributed by atoms with Crippen molar-refractivity contribution in [3.8, 4) is 33.6 Å². The van der Waals surface area contributed by atoms with E-state index in [4.69, 9.17) is 9.97 Å². The van der Waals surface area contributed by atoms with Crippen LogP contribution in [0.3, 0.4) is 0 Å². The van der Waals surface area contributed by atoms with Gasteiger partial charge in [0, 0.05) is 33.5 Å². The third-order valence-electron chi connectivity index (χ3n) is 7.67. The van der Waals surface area contributed by atoms with Crippen molar-refractivity contribution in [1.82, 2.24) is 15.0 Å². The Kier molecular flexibility index (Phi) is 5.14. The van der Waals surface area contributed by atoms with E-state index in [9.17, 15) is 0 Å². The van der Waals surface area contributed by atoms with Gasteiger partial charge in [-0.05, 0) is 58.3 Å². The molecule has 0 amide bonds. The van der Waals surface area contributed by atoms with Gasteiger partial charge in [0.2, 0.25) is 0 Å². The van der Waals surface area contributed by atoms with Crippen LogP contribution in [0, 0.1) is 0 Å². The van der Waals surface area contributed by atoms with E-state index in [2.05, 4.69) is 120 Å². The molecule has 0 aliphatic heterocycles. The van der Waals surface area contributed by atoms with E-state index in [1.165, 1.54) is 21.9 Å². The van der Waals surface area contributed by atoms with Crippen LogP contribution in [0.25, 0.3) is 77.1 Å². The lowest BCUT2D eigenvalue weighted by molar-refractivity contribution is 1.35. The van der Waals surface area contributed by atoms with Gasteiger partial charge >= 0.3 is 0 Å². The maximum Gasteiger partial charge on any atom is 0.0725 e. The Morgan fingerprint density at radius 1 is 0.375 bits per heavy atom. The maximum absolute atomic E-state index is 5.10. The smallest absolute Gasteiger partial charge is 0.0725 e. The minimum absolute atomic E-state index is 0.911. The molecule has 186 valence electrons. The van der Waals surface area contributed by atoms with Crippen LogP contribution in [-0.4, -0.2) is 15.0 Å². The quantitative estimate of drug-likeness (QED) is 0.238. The van der Waals surface area contributed by atoms with Gasteiger partial charge in [-0.3, -0.25) is 4.98 Å². The summed E-state index contributed by atoms with van der Waals surface area (Å²) in [7, 11) is 0. The van der Waals surface area contributed by atoms with Crippen LogP contribution in [0.15, 0.2) is 140 Å². The van der Waals surface area contributed by atoms with Crippen LogP contribution in [0.5, 0.6) is 0 Å². The molecule has 3 heteroatoms. The molecular formula is C37H23N3. The molecular weight excluding hydrogens is 486 g/mol. The van der Waals surface area contributed by atoms with Crippen LogP contribution in [0.2, 0.25) is 0 Å². The van der Waals surface area contributed by atoms with Crippen molar-refractivity contribution >= 4 is 43.5 Å². The Morgan fingerprint density at radius 3 is 1.82 bits per heavy atom. The second-order valence-corrected chi connectivity index (χ2v) is 10.2. The van der Waals surface area contributed by atoms with Gasteiger partial charge < -0.3 is 0 Å². The standard InChI is InChI=1S/C37H23N3/c1-3-9-31-24(6-1)8-5-10-32(31)27-14-12-25-16-18-34(39-36(25)21-27)29-15-13-26-17-19-35(40-37(26)22-29)30-20-28-7-2-4-11-33(28)38-23-30/h1-23H. The molecule has 8 aromatic rings. The normalized spacial score (nSPS) is 11.5. The van der Waals surface area contributed by atoms with Crippen molar-refractivity contribution in [2.45, 2.75) is 0 Å². The summed E-state index contributed by atoms with van der Waals surface area (Å²) in [6, 6.07) is 46.7. The molecule has 0 aliphatic rings. The molecule has 3 aromatic heterocycles. The van der Waals surface area contributed by atoms with Crippen LogP contribution < -0.4 is 0 Å². The molecule has 0 unspecified atom stereocenters. The van der Waals surface area contributed by atoms with Gasteiger partial charge in [0.1, 0.15) is 0 Å². The number of hydrogen-bond donors (Lipinski definition) is 0. The summed E-state index contributed by atoms with van der Waals surface area (Å²) in [5, 5.41) is 5.82. The van der Waals surface area contributed by atoms with E-state index in [-0.39, 0.29) is 0 Å². The minimum atomic E-state index is 0.911. The molecule has 0 saturated carbocycles. The summed E-state index contributed by atoms with van der Waals surface area (Å²) in [4.78, 5) is 14.7. The molecule has 0 spiro atoms. The predicted molar refractivity (Wildman–Crippen MR) is 166 cm³/mol. The Bertz CT molecular complexity index is 2230. The maximum atomic E-state index is 5.10. The lowest BCUT2D eigenvalue weighted by Crippen LogP contribution is -1.90. The van der Waals surface area contributed by atoms with Crippen LogP contribution in [0.1, 0.15) is 0 Å². The van der Waals surface area contributed by atoms with E-state index in [0.717, 1.165) is 55.2 Å². The molecule has 5 aromatic carbocycles. The molecule has 0 saturated heterocycles. The van der Waals surface area contributed by atoms with E-state index in [1.807, 2.05) is 24.4 Å². The number of pyridine rings is 3. The fourth-order valence-electron chi connectivity index (χ4n) is 5.57. The summed E-state index contributed by atoms with van der Waals surface area (Å²) < 4.78 is 0. The summed E-state index contributed by atoms with van der Waals surface area (Å²) in [5.41, 5.74) is 9.20. The number of nitrogens with zero attached hydrogens (tertiary/aromatic N) is 3. The van der Waals surface area contributed by atoms with E-state index in [1.54, 1.807) is 0 Å². The average Bonchev–Trinajstić information content (AvgIpc) is 3.03. The summed E-state index contributed by atoms with van der Waals surface area (Å²) in [6.45, 7) is 0. The Labute approximate surface area is 231 Å². The first-order valence-electron chi connectivity index (χ1n) is 13.4. The zero-order valence-electron chi connectivity index (χ0n) is 21.6. The van der Waals surface area contributed by atoms with Crippen LogP contribution in [0.4, 0.5) is 0 Å². The molecule has 0 bridgehead atoms. The van der Waals surface area contributed by atoms with Crippen molar-refractivity contribution in [2.75, 3.05) is 0 Å². The van der Waals surface area contributed by atoms with E-state index in [0.29, 0.717) is 0 Å². The SMILES string of the molecule is c1ccc2ncc(-c3ccc4ccc(-c5ccc6ccc(-c7cccc8ccccc78)cc6n5)cc4n3)cc2c1. The Morgan fingerprint density at radius 2 is 1.00 bits per heavy atom. The monoisotopic (exact) mass is 509 g/mol. The molecule has 40 heavy (non-hydrogen) atoms. The third kappa shape index (κ3) is 3.88. The van der Waals surface area contributed by atoms with Crippen molar-refractivity contribution in [1.29, 1.82) is 0 Å². The molecule has 0 atom stereocenters. The number of aromatic nitrogens is 3. The van der Waals surface area contributed by atoms with Crippen molar-refractivity contribution in [2.24, 2.45) is 0 Å². The second kappa shape index (κ2) is 9.11. The predicted octanol–water partition coefficient (Wildman–Crippen LogP) is 9.49. The highest BCUT2D eigenvalue weighted by Crippen LogP contribution is 2.32. The topological polar surface area (TPSA) is 38.7 Å². The average molecular weight is 510 g/mol. The lowest BCUT2D eigenvalue weighted by Gasteiger charge is -2.10. The van der Waals surface area contributed by atoms with E-state index < -0.39 is 0 Å². The summed E-state index contributed by atoms with van der Waals surface area (Å²) in [5.74, 6) is 0. The summed E-state index contributed by atoms with van der Waals surface area (Å²) >= 11 is 0. The lowest BCUT2D eigenvalue weighted by atomic mass is 9.97. The van der Waals surface area contributed by atoms with Gasteiger partial charge in [0.25, 0.3) is 0 Å². The molecule has 0 N–H and O–H groups in total. The molecule has 0 fully saturated rings. The van der Waals surface area contributed by atoms with Crippen LogP contribution in [-0.2, 0) is 0 Å². The van der Waals surface area contributed by atoms with Crippen molar-refractivity contribution < 1.29 is 0 Å². The van der Waals surface area contributed by atoms with Gasteiger partial charge in [-0.25, -0.2) is 9.97 Å². The van der Waals surface area contributed by atoms with Gasteiger partial charge in [-0.1, -0.05) is 97.1 Å². The molecule has 8 rings (SSSR count). The number of rotatable bonds is 3. The van der Waals surface area contributed by atoms with Crippen molar-refractivity contribution in [3.63, 3.8) is 0 Å². The zero-order chi connectivity index (χ0) is 26.5. The van der Waals surface area contributed by atoms with Gasteiger partial charge in [-0.2, -0.15) is 0 Å². The number of benzene rings is 5. The highest BCUT2D eigenvalue weighted by molar-refractivity contribution is 5.99. The Hall–Kier alpha value is -5.41. The Balaban J connectivity index is 1.20. The third-order valence-corrected chi connectivity index (χ3v) is 7.67. The van der Waals surface area contributed by atoms with Gasteiger partial charge in [0.15, 0.2) is 0 Å². The zero-order valence-corrected chi connectivity index (χ0v) is 21.6. The minimum Gasteiger partial charge on any atom is -0.256 e. The number of fused-ring (bicyclic) bond motifs is 4. The van der Waals surface area contributed by atoms with Gasteiger partial charge in [0.05, 0.1) is 27.9 Å². The van der Waals surface area contributed by atoms with Crippen LogP contribution >= 0.6 is 0 Å².